The molecule has 1 aliphatic heterocycles. The molecule has 27 heavy (non-hydrogen) atoms. The molecular weight excluding hydrogens is 332 g/mol. The van der Waals surface area contributed by atoms with Gasteiger partial charge >= 0.3 is 0 Å². The molecule has 0 amide bonds. The van der Waals surface area contributed by atoms with E-state index in [4.69, 9.17) is 0 Å². The molecule has 3 heteroatoms. The van der Waals surface area contributed by atoms with E-state index in [0.29, 0.717) is 17.2 Å². The molecule has 5 rings (SSSR count). The third-order valence-electron chi connectivity index (χ3n) is 7.43. The number of hydrogen-bond donors (Lipinski definition) is 3. The van der Waals surface area contributed by atoms with Gasteiger partial charge in [0, 0.05) is 17.5 Å². The van der Waals surface area contributed by atoms with Crippen LogP contribution in [-0.4, -0.2) is 17.7 Å². The number of phenols is 1. The van der Waals surface area contributed by atoms with Crippen molar-refractivity contribution in [1.82, 2.24) is 5.32 Å². The summed E-state index contributed by atoms with van der Waals surface area (Å²) in [4.78, 5) is 0. The number of piperidine rings is 1. The summed E-state index contributed by atoms with van der Waals surface area (Å²) in [6.45, 7) is 3.27. The van der Waals surface area contributed by atoms with Gasteiger partial charge in [-0.3, -0.25) is 0 Å². The number of aromatic hydroxyl groups is 1. The highest BCUT2D eigenvalue weighted by Gasteiger charge is 2.51. The molecule has 2 fully saturated rings. The molecule has 3 aliphatic rings. The Morgan fingerprint density at radius 1 is 1.15 bits per heavy atom. The van der Waals surface area contributed by atoms with Gasteiger partial charge in [0.25, 0.3) is 0 Å². The van der Waals surface area contributed by atoms with Gasteiger partial charge in [0.2, 0.25) is 0 Å². The van der Waals surface area contributed by atoms with Crippen molar-refractivity contribution >= 4 is 5.69 Å². The first-order valence-corrected chi connectivity index (χ1v) is 10.6. The molecule has 1 unspecified atom stereocenters. The van der Waals surface area contributed by atoms with E-state index in [1.54, 1.807) is 0 Å². The fourth-order valence-corrected chi connectivity index (χ4v) is 6.15. The smallest absolute Gasteiger partial charge is 0.139 e. The number of anilines is 1. The third kappa shape index (κ3) is 2.75. The van der Waals surface area contributed by atoms with E-state index in [1.807, 2.05) is 6.07 Å². The van der Waals surface area contributed by atoms with Gasteiger partial charge in [-0.15, -0.1) is 0 Å². The van der Waals surface area contributed by atoms with Crippen molar-refractivity contribution in [2.45, 2.75) is 62.9 Å². The predicted octanol–water partition coefficient (Wildman–Crippen LogP) is 4.91. The lowest BCUT2D eigenvalue weighted by Gasteiger charge is -2.56. The molecule has 0 radical (unpaired) electrons. The van der Waals surface area contributed by atoms with Gasteiger partial charge in [-0.25, -0.2) is 0 Å². The number of benzene rings is 2. The highest BCUT2D eigenvalue weighted by Crippen LogP contribution is 2.55. The summed E-state index contributed by atoms with van der Waals surface area (Å²) in [5, 5.41) is 18.2. The fourth-order valence-electron chi connectivity index (χ4n) is 6.15. The summed E-state index contributed by atoms with van der Waals surface area (Å²) < 4.78 is 0. The Labute approximate surface area is 162 Å². The highest BCUT2D eigenvalue weighted by atomic mass is 16.3. The quantitative estimate of drug-likeness (QED) is 0.680. The Bertz CT molecular complexity index is 830. The minimum absolute atomic E-state index is 0.164. The topological polar surface area (TPSA) is 44.3 Å². The molecule has 2 aromatic rings. The van der Waals surface area contributed by atoms with Gasteiger partial charge in [-0.1, -0.05) is 43.2 Å². The van der Waals surface area contributed by atoms with Crippen LogP contribution in [0.4, 0.5) is 5.69 Å². The van der Waals surface area contributed by atoms with Crippen LogP contribution in [0.5, 0.6) is 5.75 Å². The normalized spacial score (nSPS) is 30.1. The molecule has 1 saturated carbocycles. The number of fused-ring (bicyclic) bond motifs is 1. The minimum atomic E-state index is 0.164. The average molecular weight is 363 g/mol. The van der Waals surface area contributed by atoms with E-state index < -0.39 is 0 Å². The third-order valence-corrected chi connectivity index (χ3v) is 7.43. The van der Waals surface area contributed by atoms with E-state index in [9.17, 15) is 5.11 Å². The molecule has 142 valence electrons. The zero-order chi connectivity index (χ0) is 18.4. The van der Waals surface area contributed by atoms with E-state index in [-0.39, 0.29) is 6.04 Å². The molecule has 4 atom stereocenters. The zero-order valence-corrected chi connectivity index (χ0v) is 16.2. The molecule has 3 N–H and O–H groups in total. The van der Waals surface area contributed by atoms with Crippen molar-refractivity contribution in [2.24, 2.45) is 5.92 Å². The Morgan fingerprint density at radius 3 is 2.85 bits per heavy atom. The van der Waals surface area contributed by atoms with Crippen molar-refractivity contribution in [3.8, 4) is 5.75 Å². The van der Waals surface area contributed by atoms with Crippen LogP contribution in [0.3, 0.4) is 0 Å². The molecule has 1 heterocycles. The molecule has 3 nitrogen and oxygen atoms in total. The first kappa shape index (κ1) is 17.1. The van der Waals surface area contributed by atoms with Crippen LogP contribution in [0.15, 0.2) is 42.5 Å². The van der Waals surface area contributed by atoms with Crippen molar-refractivity contribution in [1.29, 1.82) is 0 Å². The van der Waals surface area contributed by atoms with E-state index in [0.717, 1.165) is 24.6 Å². The molecule has 1 saturated heterocycles. The van der Waals surface area contributed by atoms with Gasteiger partial charge in [0.1, 0.15) is 5.75 Å². The van der Waals surface area contributed by atoms with Crippen molar-refractivity contribution in [3.05, 3.63) is 59.2 Å². The largest absolute Gasteiger partial charge is 0.506 e. The van der Waals surface area contributed by atoms with E-state index in [2.05, 4.69) is 54.0 Å². The Morgan fingerprint density at radius 2 is 2.00 bits per heavy atom. The molecule has 0 spiro atoms. The van der Waals surface area contributed by atoms with E-state index in [1.165, 1.54) is 48.8 Å². The number of nitrogens with one attached hydrogen (secondary N) is 2. The second kappa shape index (κ2) is 6.56. The zero-order valence-electron chi connectivity index (χ0n) is 16.2. The maximum Gasteiger partial charge on any atom is 0.139 e. The van der Waals surface area contributed by atoms with Crippen LogP contribution < -0.4 is 10.6 Å². The lowest BCUT2D eigenvalue weighted by Crippen LogP contribution is -2.59. The van der Waals surface area contributed by atoms with Crippen LogP contribution in [-0.2, 0) is 11.8 Å². The minimum Gasteiger partial charge on any atom is -0.506 e. The SMILES string of the molecule is CC(Nc1cc2c(cc1O)[C@]13CCCC[C@@H]1[C@H](C2)NCC3)c1ccccc1. The standard InChI is InChI=1S/C24H30N2O/c1-16(17-7-3-2-4-8-17)26-22-14-18-13-21-19-9-5-6-10-24(19,11-12-25-21)20(18)15-23(22)27/h2-4,7-8,14-16,19,21,25-27H,5-6,9-13H2,1H3/t16?,19-,21+,24+/m1/s1. The maximum absolute atomic E-state index is 10.9. The summed E-state index contributed by atoms with van der Waals surface area (Å²) >= 11 is 0. The molecule has 0 aromatic heterocycles. The van der Waals surface area contributed by atoms with Gasteiger partial charge < -0.3 is 15.7 Å². The fraction of sp³-hybridized carbons (Fsp3) is 0.500. The van der Waals surface area contributed by atoms with Crippen LogP contribution >= 0.6 is 0 Å². The summed E-state index contributed by atoms with van der Waals surface area (Å²) in [7, 11) is 0. The van der Waals surface area contributed by atoms with Gasteiger partial charge in [-0.05, 0) is 73.9 Å². The van der Waals surface area contributed by atoms with Gasteiger partial charge in [0.05, 0.1) is 5.69 Å². The summed E-state index contributed by atoms with van der Waals surface area (Å²) in [6.07, 6.45) is 7.62. The lowest BCUT2D eigenvalue weighted by molar-refractivity contribution is 0.0796. The molecule has 2 aliphatic carbocycles. The van der Waals surface area contributed by atoms with Crippen LogP contribution in [0.25, 0.3) is 0 Å². The molecule has 2 bridgehead atoms. The Balaban J connectivity index is 1.51. The Hall–Kier alpha value is -2.00. The van der Waals surface area contributed by atoms with Gasteiger partial charge in [-0.2, -0.15) is 0 Å². The molecule has 2 aromatic carbocycles. The summed E-state index contributed by atoms with van der Waals surface area (Å²) in [6, 6.07) is 15.5. The van der Waals surface area contributed by atoms with Gasteiger partial charge in [0.15, 0.2) is 0 Å². The highest BCUT2D eigenvalue weighted by molar-refractivity contribution is 5.63. The summed E-state index contributed by atoms with van der Waals surface area (Å²) in [5.41, 5.74) is 5.28. The van der Waals surface area contributed by atoms with Crippen molar-refractivity contribution in [3.63, 3.8) is 0 Å². The Kier molecular flexibility index (Phi) is 4.16. The first-order valence-electron chi connectivity index (χ1n) is 10.6. The lowest BCUT2D eigenvalue weighted by atomic mass is 9.53. The average Bonchev–Trinajstić information content (AvgIpc) is 2.70. The number of phenolic OH excluding ortho intramolecular Hbond substituents is 1. The maximum atomic E-state index is 10.9. The van der Waals surface area contributed by atoms with E-state index >= 15 is 0 Å². The molecular formula is C24H30N2O. The monoisotopic (exact) mass is 362 g/mol. The van der Waals surface area contributed by atoms with Crippen LogP contribution in [0.1, 0.15) is 61.8 Å². The second-order valence-electron chi connectivity index (χ2n) is 8.83. The van der Waals surface area contributed by atoms with Crippen LogP contribution in [0, 0.1) is 5.92 Å². The van der Waals surface area contributed by atoms with Crippen molar-refractivity contribution < 1.29 is 5.11 Å². The van der Waals surface area contributed by atoms with Crippen LogP contribution in [0.2, 0.25) is 0 Å². The first-order chi connectivity index (χ1) is 13.2. The second-order valence-corrected chi connectivity index (χ2v) is 8.83. The number of hydrogen-bond acceptors (Lipinski definition) is 3. The van der Waals surface area contributed by atoms with Crippen molar-refractivity contribution in [2.75, 3.05) is 11.9 Å². The number of rotatable bonds is 3. The summed E-state index contributed by atoms with van der Waals surface area (Å²) in [5.74, 6) is 1.15. The predicted molar refractivity (Wildman–Crippen MR) is 110 cm³/mol.